The van der Waals surface area contributed by atoms with Crippen LogP contribution >= 0.6 is 0 Å². The van der Waals surface area contributed by atoms with Gasteiger partial charge in [-0.25, -0.2) is 25.3 Å². The third kappa shape index (κ3) is 21.6. The van der Waals surface area contributed by atoms with E-state index in [1.165, 1.54) is 0 Å². The first-order valence-corrected chi connectivity index (χ1v) is 18.8. The SMILES string of the molecule is O=C(CCS(=O)O)OCC(COC(=O)CCS(=O)O)(COC(=O)CCS(=O)O)COC(=O)CCS(=O)(=O)CCC(=O)S(=O)O. The van der Waals surface area contributed by atoms with Gasteiger partial charge >= 0.3 is 23.9 Å². The molecule has 0 amide bonds. The van der Waals surface area contributed by atoms with Crippen LogP contribution in [0.15, 0.2) is 0 Å². The molecule has 0 aromatic carbocycles. The monoisotopic (exact) mass is 736 g/mol. The van der Waals surface area contributed by atoms with Crippen LogP contribution in [0.25, 0.3) is 0 Å². The molecule has 0 aromatic heterocycles. The summed E-state index contributed by atoms with van der Waals surface area (Å²) >= 11 is -9.98. The van der Waals surface area contributed by atoms with Gasteiger partial charge < -0.3 is 37.2 Å². The van der Waals surface area contributed by atoms with Crippen LogP contribution in [0, 0.1) is 5.41 Å². The van der Waals surface area contributed by atoms with Crippen molar-refractivity contribution in [1.82, 2.24) is 0 Å². The second-order valence-corrected chi connectivity index (χ2v) is 15.2. The van der Waals surface area contributed by atoms with E-state index in [0.29, 0.717) is 0 Å². The summed E-state index contributed by atoms with van der Waals surface area (Å²) in [6, 6.07) is 0. The molecular weight excluding hydrogens is 705 g/mol. The highest BCUT2D eigenvalue weighted by molar-refractivity contribution is 7.95. The summed E-state index contributed by atoms with van der Waals surface area (Å²) in [7, 11) is -4.07. The highest BCUT2D eigenvalue weighted by atomic mass is 32.2. The molecule has 24 heteroatoms. The van der Waals surface area contributed by atoms with Crippen molar-refractivity contribution in [2.75, 3.05) is 55.2 Å². The van der Waals surface area contributed by atoms with Crippen LogP contribution in [0.5, 0.6) is 0 Å². The zero-order valence-electron chi connectivity index (χ0n) is 22.9. The minimum atomic E-state index is -4.07. The number of ether oxygens (including phenoxy) is 4. The molecule has 0 aliphatic carbocycles. The molecule has 0 fully saturated rings. The normalized spacial score (nSPS) is 15.5. The fourth-order valence-electron chi connectivity index (χ4n) is 2.65. The lowest BCUT2D eigenvalue weighted by atomic mass is 9.92. The quantitative estimate of drug-likeness (QED) is 0.0497. The molecule has 0 spiro atoms. The molecule has 0 rings (SSSR count). The van der Waals surface area contributed by atoms with Gasteiger partial charge in [-0.2, -0.15) is 0 Å². The van der Waals surface area contributed by atoms with Gasteiger partial charge in [-0.3, -0.25) is 24.0 Å². The van der Waals surface area contributed by atoms with E-state index < -0.39 is 176 Å². The van der Waals surface area contributed by atoms with Crippen molar-refractivity contribution in [1.29, 1.82) is 0 Å². The minimum Gasteiger partial charge on any atom is -0.465 e. The number of rotatable bonds is 23. The number of carbonyl (C=O) groups is 5. The first kappa shape index (κ1) is 41.9. The van der Waals surface area contributed by atoms with E-state index in [-0.39, 0.29) is 0 Å². The van der Waals surface area contributed by atoms with Gasteiger partial charge in [0.2, 0.25) is 16.2 Å². The molecule has 19 nitrogen and oxygen atoms in total. The Kier molecular flexibility index (Phi) is 20.6. The molecule has 4 N–H and O–H groups in total. The average molecular weight is 737 g/mol. The van der Waals surface area contributed by atoms with Crippen molar-refractivity contribution in [2.24, 2.45) is 5.41 Å². The maximum absolute atomic E-state index is 12.4. The van der Waals surface area contributed by atoms with E-state index >= 15 is 0 Å². The third-order valence-electron chi connectivity index (χ3n) is 5.03. The van der Waals surface area contributed by atoms with E-state index in [1.807, 2.05) is 0 Å². The van der Waals surface area contributed by atoms with E-state index in [0.717, 1.165) is 0 Å². The van der Waals surface area contributed by atoms with Gasteiger partial charge in [-0.05, 0) is 0 Å². The number of esters is 4. The average Bonchev–Trinajstić information content (AvgIpc) is 2.94. The van der Waals surface area contributed by atoms with Gasteiger partial charge in [0.1, 0.15) is 31.8 Å². The Morgan fingerprint density at radius 2 is 0.818 bits per heavy atom. The highest BCUT2D eigenvalue weighted by Crippen LogP contribution is 2.22. The van der Waals surface area contributed by atoms with Crippen molar-refractivity contribution in [3.05, 3.63) is 0 Å². The Labute approximate surface area is 261 Å². The Hall–Kier alpha value is -2.06. The molecule has 0 aliphatic heterocycles. The Balaban J connectivity index is 5.79. The van der Waals surface area contributed by atoms with Crippen molar-refractivity contribution in [2.45, 2.75) is 32.1 Å². The van der Waals surface area contributed by atoms with E-state index in [4.69, 9.17) is 37.2 Å². The molecule has 0 radical (unpaired) electrons. The van der Waals surface area contributed by atoms with Crippen LogP contribution in [0.2, 0.25) is 0 Å². The van der Waals surface area contributed by atoms with Gasteiger partial charge in [-0.1, -0.05) is 0 Å². The number of hydrogen-bond donors (Lipinski definition) is 4. The molecule has 0 aliphatic rings. The molecule has 0 saturated carbocycles. The van der Waals surface area contributed by atoms with Crippen LogP contribution in [0.4, 0.5) is 0 Å². The topological polar surface area (TPSA) is 306 Å². The summed E-state index contributed by atoms with van der Waals surface area (Å²) in [6.07, 6.45) is -3.27. The Bertz CT molecular complexity index is 1130. The second-order valence-electron chi connectivity index (χ2n) is 8.74. The first-order valence-electron chi connectivity index (χ1n) is 12.1. The fraction of sp³-hybridized carbons (Fsp3) is 0.750. The standard InChI is InChI=1S/C20H32O19S5/c21-15(1-6-40(26)27)36-11-20(12-37-16(22)2-7-41(28)29,13-38-17(23)3-8-42(30)31)14-39-18(24)4-9-44(34,35)10-5-19(25)43(32)33/h1-14H2,(H,26,27)(H,28,29)(H,30,31)(H,32,33). The van der Waals surface area contributed by atoms with Crippen LogP contribution < -0.4 is 0 Å². The molecule has 0 bridgehead atoms. The maximum atomic E-state index is 12.4. The lowest BCUT2D eigenvalue weighted by Gasteiger charge is -2.31. The smallest absolute Gasteiger partial charge is 0.306 e. The van der Waals surface area contributed by atoms with E-state index in [9.17, 15) is 49.2 Å². The van der Waals surface area contributed by atoms with Gasteiger partial charge in [0, 0.05) is 6.42 Å². The summed E-state index contributed by atoms with van der Waals surface area (Å²) in [5.41, 5.74) is -1.89. The van der Waals surface area contributed by atoms with E-state index in [1.54, 1.807) is 0 Å². The van der Waals surface area contributed by atoms with Crippen LogP contribution in [0.3, 0.4) is 0 Å². The zero-order valence-corrected chi connectivity index (χ0v) is 26.9. The predicted octanol–water partition coefficient (Wildman–Crippen LogP) is -2.08. The van der Waals surface area contributed by atoms with Crippen LogP contribution in [0.1, 0.15) is 32.1 Å². The van der Waals surface area contributed by atoms with Crippen molar-refractivity contribution >= 4 is 83.2 Å². The predicted molar refractivity (Wildman–Crippen MR) is 151 cm³/mol. The van der Waals surface area contributed by atoms with Gasteiger partial charge in [0.05, 0.1) is 54.4 Å². The molecular formula is C20H32O19S5. The van der Waals surface area contributed by atoms with Gasteiger partial charge in [0.25, 0.3) is 0 Å². The summed E-state index contributed by atoms with van der Waals surface area (Å²) in [5.74, 6) is -7.56. The molecule has 4 atom stereocenters. The lowest BCUT2D eigenvalue weighted by Crippen LogP contribution is -2.44. The van der Waals surface area contributed by atoms with Crippen molar-refractivity contribution in [3.8, 4) is 0 Å². The zero-order chi connectivity index (χ0) is 33.9. The number of carbonyl (C=O) groups excluding carboxylic acids is 5. The summed E-state index contributed by atoms with van der Waals surface area (Å²) < 4.78 is 123. The molecule has 0 heterocycles. The molecule has 0 aromatic rings. The summed E-state index contributed by atoms with van der Waals surface area (Å²) in [4.78, 5) is 59.8. The van der Waals surface area contributed by atoms with Gasteiger partial charge in [0.15, 0.2) is 43.1 Å². The number of hydrogen-bond acceptors (Lipinski definition) is 15. The number of sulfone groups is 1. The fourth-order valence-corrected chi connectivity index (χ4v) is 5.26. The Morgan fingerprint density at radius 3 is 1.11 bits per heavy atom. The summed E-state index contributed by atoms with van der Waals surface area (Å²) in [6.45, 7) is -3.29. The van der Waals surface area contributed by atoms with Crippen LogP contribution in [-0.4, -0.2) is 128 Å². The van der Waals surface area contributed by atoms with E-state index in [2.05, 4.69) is 0 Å². The lowest BCUT2D eigenvalue weighted by molar-refractivity contribution is -0.170. The maximum Gasteiger partial charge on any atom is 0.306 e. The van der Waals surface area contributed by atoms with Crippen LogP contribution in [-0.2, 0) is 97.1 Å². The first-order chi connectivity index (χ1) is 20.4. The van der Waals surface area contributed by atoms with Crippen molar-refractivity contribution in [3.63, 3.8) is 0 Å². The summed E-state index contributed by atoms with van der Waals surface area (Å²) in [5, 5.41) is -1.25. The third-order valence-corrected chi connectivity index (χ3v) is 8.93. The second kappa shape index (κ2) is 21.6. The molecule has 4 unspecified atom stereocenters. The minimum absolute atomic E-state index is 0.518. The largest absolute Gasteiger partial charge is 0.465 e. The molecule has 256 valence electrons. The Morgan fingerprint density at radius 1 is 0.523 bits per heavy atom. The highest BCUT2D eigenvalue weighted by Gasteiger charge is 2.38. The van der Waals surface area contributed by atoms with Gasteiger partial charge in [-0.15, -0.1) is 0 Å². The molecule has 44 heavy (non-hydrogen) atoms. The molecule has 0 saturated heterocycles. The van der Waals surface area contributed by atoms with Crippen molar-refractivity contribution < 1.29 is 86.4 Å².